The van der Waals surface area contributed by atoms with Crippen molar-refractivity contribution in [1.82, 2.24) is 19.4 Å². The molecule has 5 aromatic carbocycles. The number of aromatic hydroxyl groups is 1. The molecule has 0 atom stereocenters. The maximum atomic E-state index is 14.5. The van der Waals surface area contributed by atoms with Crippen LogP contribution in [-0.4, -0.2) is 72.4 Å². The number of benzene rings is 5. The SMILES string of the molecule is C[N+](C)(C)c1ccc(Nc2nc(F)nc(Nc3ccc4c(O)c(N=Nc5ccc6c(S(=O)(=O)O)cccc6c5S(=O)(=O)O)c(SOOO)cc4c3)n2)cc1. The number of anilines is 4. The third-order valence-corrected chi connectivity index (χ3v) is 10.2. The Balaban J connectivity index is 1.35. The van der Waals surface area contributed by atoms with Crippen LogP contribution in [-0.2, 0) is 29.6 Å². The van der Waals surface area contributed by atoms with E-state index < -0.39 is 47.5 Å². The van der Waals surface area contributed by atoms with E-state index in [0.29, 0.717) is 33.3 Å². The Morgan fingerprint density at radius 1 is 0.778 bits per heavy atom. The fourth-order valence-electron chi connectivity index (χ4n) is 5.32. The fraction of sp³-hybridized carbons (Fsp3) is 0.0938. The van der Waals surface area contributed by atoms with Gasteiger partial charge in [0.25, 0.3) is 20.2 Å². The molecule has 1 heterocycles. The highest BCUT2D eigenvalue weighted by atomic mass is 32.2. The molecule has 0 amide bonds. The Hall–Kier alpha value is -5.43. The van der Waals surface area contributed by atoms with Crippen LogP contribution in [0.1, 0.15) is 0 Å². The molecule has 0 aliphatic carbocycles. The molecular formula is C32H28FN8O10S3+. The fourth-order valence-corrected chi connectivity index (χ4v) is 7.35. The van der Waals surface area contributed by atoms with E-state index in [1.165, 1.54) is 30.3 Å². The number of phenolic OH excluding ortho intramolecular Hbond substituents is 1. The number of aromatic nitrogens is 3. The lowest BCUT2D eigenvalue weighted by Crippen LogP contribution is -2.34. The summed E-state index contributed by atoms with van der Waals surface area (Å²) in [5, 5.41) is 37.6. The molecule has 18 nitrogen and oxygen atoms in total. The average Bonchev–Trinajstić information content (AvgIpc) is 3.08. The first-order valence-corrected chi connectivity index (χ1v) is 18.8. The first-order chi connectivity index (χ1) is 25.4. The molecule has 6 N–H and O–H groups in total. The van der Waals surface area contributed by atoms with Crippen LogP contribution in [0.5, 0.6) is 5.75 Å². The van der Waals surface area contributed by atoms with Gasteiger partial charge in [0.05, 0.1) is 38.1 Å². The van der Waals surface area contributed by atoms with E-state index in [4.69, 9.17) is 5.26 Å². The van der Waals surface area contributed by atoms with E-state index in [9.17, 15) is 35.4 Å². The van der Waals surface area contributed by atoms with Gasteiger partial charge in [0, 0.05) is 39.7 Å². The lowest BCUT2D eigenvalue weighted by atomic mass is 10.1. The molecule has 1 aromatic heterocycles. The number of nitrogens with one attached hydrogen (secondary N) is 2. The molecule has 22 heteroatoms. The quantitative estimate of drug-likeness (QED) is 0.0181. The second kappa shape index (κ2) is 14.8. The molecule has 0 radical (unpaired) electrons. The number of hydrogen-bond donors (Lipinski definition) is 6. The van der Waals surface area contributed by atoms with Crippen LogP contribution in [0.3, 0.4) is 0 Å². The Labute approximate surface area is 310 Å². The summed E-state index contributed by atoms with van der Waals surface area (Å²) in [6.45, 7) is 0. The summed E-state index contributed by atoms with van der Waals surface area (Å²) in [4.78, 5) is 10.2. The van der Waals surface area contributed by atoms with Gasteiger partial charge in [-0.25, -0.2) is 5.26 Å². The Morgan fingerprint density at radius 3 is 2.06 bits per heavy atom. The summed E-state index contributed by atoms with van der Waals surface area (Å²) in [7, 11) is -3.81. The van der Waals surface area contributed by atoms with Crippen LogP contribution < -0.4 is 15.1 Å². The van der Waals surface area contributed by atoms with E-state index in [-0.39, 0.29) is 38.6 Å². The number of hydrogen-bond acceptors (Lipinski definition) is 16. The summed E-state index contributed by atoms with van der Waals surface area (Å²) in [6, 6.07) is 18.9. The molecule has 280 valence electrons. The molecule has 0 aliphatic heterocycles. The van der Waals surface area contributed by atoms with Crippen molar-refractivity contribution >= 4 is 94.2 Å². The molecule has 0 saturated carbocycles. The highest BCUT2D eigenvalue weighted by molar-refractivity contribution is 7.94. The van der Waals surface area contributed by atoms with E-state index >= 15 is 0 Å². The van der Waals surface area contributed by atoms with Gasteiger partial charge >= 0.3 is 6.08 Å². The third-order valence-electron chi connectivity index (χ3n) is 7.71. The number of halogens is 1. The summed E-state index contributed by atoms with van der Waals surface area (Å²) in [5.74, 6) is -0.718. The van der Waals surface area contributed by atoms with E-state index in [2.05, 4.69) is 45.2 Å². The highest BCUT2D eigenvalue weighted by Crippen LogP contribution is 2.45. The monoisotopic (exact) mass is 799 g/mol. The van der Waals surface area contributed by atoms with Gasteiger partial charge in [-0.15, -0.1) is 14.6 Å². The van der Waals surface area contributed by atoms with Crippen molar-refractivity contribution in [2.45, 2.75) is 14.7 Å². The summed E-state index contributed by atoms with van der Waals surface area (Å²) in [5.41, 5.74) is 1.22. The maximum absolute atomic E-state index is 14.5. The minimum Gasteiger partial charge on any atom is -0.505 e. The first kappa shape index (κ1) is 38.3. The summed E-state index contributed by atoms with van der Waals surface area (Å²) < 4.78 is 88.2. The van der Waals surface area contributed by atoms with E-state index in [1.807, 2.05) is 33.3 Å². The van der Waals surface area contributed by atoms with Crippen molar-refractivity contribution < 1.29 is 50.1 Å². The normalized spacial score (nSPS) is 12.5. The second-order valence-corrected chi connectivity index (χ2v) is 15.7. The van der Waals surface area contributed by atoms with Gasteiger partial charge in [0.2, 0.25) is 11.9 Å². The lowest BCUT2D eigenvalue weighted by Gasteiger charge is -2.23. The predicted molar refractivity (Wildman–Crippen MR) is 196 cm³/mol. The zero-order valence-electron chi connectivity index (χ0n) is 28.0. The minimum atomic E-state index is -5.08. The van der Waals surface area contributed by atoms with Crippen molar-refractivity contribution in [2.24, 2.45) is 10.2 Å². The van der Waals surface area contributed by atoms with Crippen LogP contribution in [0.25, 0.3) is 21.5 Å². The lowest BCUT2D eigenvalue weighted by molar-refractivity contribution is -0.432. The second-order valence-electron chi connectivity index (χ2n) is 12.2. The van der Waals surface area contributed by atoms with Gasteiger partial charge in [-0.1, -0.05) is 23.2 Å². The summed E-state index contributed by atoms with van der Waals surface area (Å²) >= 11 is 0.385. The molecule has 54 heavy (non-hydrogen) atoms. The zero-order chi connectivity index (χ0) is 39.0. The van der Waals surface area contributed by atoms with Gasteiger partial charge in [-0.2, -0.15) is 36.2 Å². The van der Waals surface area contributed by atoms with Crippen molar-refractivity contribution in [3.63, 3.8) is 0 Å². The van der Waals surface area contributed by atoms with Gasteiger partial charge in [-0.05, 0) is 53.9 Å². The zero-order valence-corrected chi connectivity index (χ0v) is 30.5. The molecule has 0 saturated heterocycles. The van der Waals surface area contributed by atoms with Crippen molar-refractivity contribution in [2.75, 3.05) is 31.8 Å². The highest BCUT2D eigenvalue weighted by Gasteiger charge is 2.24. The summed E-state index contributed by atoms with van der Waals surface area (Å²) in [6.07, 6.45) is -1.06. The van der Waals surface area contributed by atoms with E-state index in [1.54, 1.807) is 12.1 Å². The number of azo groups is 1. The molecule has 0 bridgehead atoms. The molecular weight excluding hydrogens is 772 g/mol. The smallest absolute Gasteiger partial charge is 0.315 e. The van der Waals surface area contributed by atoms with Crippen molar-refractivity contribution in [3.05, 3.63) is 84.9 Å². The topological polar surface area (TPSA) is 255 Å². The molecule has 0 fully saturated rings. The predicted octanol–water partition coefficient (Wildman–Crippen LogP) is 7.04. The number of phenols is 1. The van der Waals surface area contributed by atoms with Crippen LogP contribution in [0.15, 0.2) is 104 Å². The number of quaternary nitrogens is 1. The molecule has 0 spiro atoms. The van der Waals surface area contributed by atoms with E-state index in [0.717, 1.165) is 30.0 Å². The maximum Gasteiger partial charge on any atom is 0.315 e. The molecule has 0 aliphatic rings. The van der Waals surface area contributed by atoms with Gasteiger partial charge in [0.1, 0.15) is 26.9 Å². The minimum absolute atomic E-state index is 0.0215. The van der Waals surface area contributed by atoms with Crippen molar-refractivity contribution in [1.29, 1.82) is 0 Å². The molecule has 0 unspecified atom stereocenters. The average molecular weight is 800 g/mol. The third kappa shape index (κ3) is 8.36. The Morgan fingerprint density at radius 2 is 1.43 bits per heavy atom. The Kier molecular flexibility index (Phi) is 10.5. The first-order valence-electron chi connectivity index (χ1n) is 15.2. The standard InChI is InChI=1S/C32H27FN8O10S3/c1-41(2,3)20-10-7-18(8-11-20)34-31-36-30(33)37-32(38-31)35-19-9-12-21-17(15-19)16-25(52-51-50-43)27(28(21)42)40-39-24-14-13-22-23(29(24)54(47,48)49)5-4-6-26(22)53(44,45)46/h4-16H,1-3H3,(H5-,34,35,36,37,38,39,42,43,44,45,46,47,48,49)/p+1. The molecule has 6 aromatic rings. The number of fused-ring (bicyclic) bond motifs is 2. The van der Waals surface area contributed by atoms with Gasteiger partial charge in [0.15, 0.2) is 5.75 Å². The largest absolute Gasteiger partial charge is 0.505 e. The number of nitrogens with zero attached hydrogens (tertiary/aromatic N) is 6. The van der Waals surface area contributed by atoms with Crippen molar-refractivity contribution in [3.8, 4) is 5.75 Å². The molecule has 6 rings (SSSR count). The van der Waals surface area contributed by atoms with Crippen LogP contribution in [0.2, 0.25) is 0 Å². The van der Waals surface area contributed by atoms with Crippen LogP contribution in [0, 0.1) is 6.08 Å². The van der Waals surface area contributed by atoms with Crippen LogP contribution in [0.4, 0.5) is 44.7 Å². The number of rotatable bonds is 12. The van der Waals surface area contributed by atoms with Gasteiger partial charge < -0.3 is 15.7 Å². The Bertz CT molecular complexity index is 2680. The van der Waals surface area contributed by atoms with Gasteiger partial charge in [-0.3, -0.25) is 13.6 Å². The van der Waals surface area contributed by atoms with Crippen LogP contribution >= 0.6 is 12.0 Å².